The number of pyridine rings is 1. The third-order valence-electron chi connectivity index (χ3n) is 2.70. The smallest absolute Gasteiger partial charge is 0.270 e. The highest BCUT2D eigenvalue weighted by molar-refractivity contribution is 5.93. The number of hydrogen-bond donors (Lipinski definition) is 1. The molecule has 2 rings (SSSR count). The van der Waals surface area contributed by atoms with E-state index >= 15 is 0 Å². The summed E-state index contributed by atoms with van der Waals surface area (Å²) in [6.45, 7) is 4.31. The summed E-state index contributed by atoms with van der Waals surface area (Å²) < 4.78 is 1.45. The second kappa shape index (κ2) is 6.33. The van der Waals surface area contributed by atoms with Crippen molar-refractivity contribution in [1.29, 1.82) is 0 Å². The maximum atomic E-state index is 12.2. The number of aryl methyl sites for hydroxylation is 1. The van der Waals surface area contributed by atoms with Gasteiger partial charge in [-0.1, -0.05) is 13.0 Å². The Morgan fingerprint density at radius 2 is 2.16 bits per heavy atom. The van der Waals surface area contributed by atoms with Crippen LogP contribution in [0.25, 0.3) is 5.65 Å². The van der Waals surface area contributed by atoms with Gasteiger partial charge in [0.2, 0.25) is 0 Å². The number of fused-ring (bicyclic) bond motifs is 1. The van der Waals surface area contributed by atoms with Crippen molar-refractivity contribution in [2.24, 2.45) is 0 Å². The number of nitrogens with one attached hydrogen (secondary N) is 1. The quantitative estimate of drug-likeness (QED) is 0.929. The van der Waals surface area contributed by atoms with E-state index in [9.17, 15) is 9.59 Å². The SMILES string of the molecule is CCCNC(=O)c1cnc2cccc(C)n2c1=O.Cl. The molecule has 0 bridgehead atoms. The highest BCUT2D eigenvalue weighted by Gasteiger charge is 2.13. The minimum absolute atomic E-state index is 0. The molecule has 0 spiro atoms. The maximum Gasteiger partial charge on any atom is 0.270 e. The van der Waals surface area contributed by atoms with Crippen molar-refractivity contribution in [2.45, 2.75) is 20.3 Å². The van der Waals surface area contributed by atoms with Crippen molar-refractivity contribution in [3.63, 3.8) is 0 Å². The standard InChI is InChI=1S/C13H15N3O2.ClH/c1-3-7-14-12(17)10-8-15-11-6-4-5-9(2)16(11)13(10)18;/h4-6,8H,3,7H2,1-2H3,(H,14,17);1H. The van der Waals surface area contributed by atoms with Gasteiger partial charge in [0.15, 0.2) is 0 Å². The number of aromatic nitrogens is 2. The van der Waals surface area contributed by atoms with Crippen molar-refractivity contribution in [3.05, 3.63) is 46.0 Å². The molecule has 0 aromatic carbocycles. The molecule has 1 N–H and O–H groups in total. The third-order valence-corrected chi connectivity index (χ3v) is 2.70. The fourth-order valence-electron chi connectivity index (χ4n) is 1.76. The fourth-order valence-corrected chi connectivity index (χ4v) is 1.76. The number of carbonyl (C=O) groups is 1. The van der Waals surface area contributed by atoms with Crippen LogP contribution < -0.4 is 10.9 Å². The van der Waals surface area contributed by atoms with Crippen molar-refractivity contribution >= 4 is 24.0 Å². The normalized spacial score (nSPS) is 10.0. The van der Waals surface area contributed by atoms with Gasteiger partial charge in [-0.2, -0.15) is 0 Å². The molecule has 0 atom stereocenters. The number of halogens is 1. The summed E-state index contributed by atoms with van der Waals surface area (Å²) in [4.78, 5) is 28.2. The molecule has 5 nitrogen and oxygen atoms in total. The van der Waals surface area contributed by atoms with Crippen LogP contribution in [0.3, 0.4) is 0 Å². The Bertz CT molecular complexity index is 652. The number of carbonyl (C=O) groups excluding carboxylic acids is 1. The minimum Gasteiger partial charge on any atom is -0.352 e. The molecule has 2 heterocycles. The van der Waals surface area contributed by atoms with E-state index in [4.69, 9.17) is 0 Å². The molecule has 2 aromatic rings. The number of amides is 1. The molecule has 0 aliphatic heterocycles. The molecule has 0 fully saturated rings. The zero-order valence-electron chi connectivity index (χ0n) is 10.8. The maximum absolute atomic E-state index is 12.2. The Morgan fingerprint density at radius 1 is 1.42 bits per heavy atom. The lowest BCUT2D eigenvalue weighted by Crippen LogP contribution is -2.32. The molecule has 0 radical (unpaired) electrons. The molecule has 0 unspecified atom stereocenters. The summed E-state index contributed by atoms with van der Waals surface area (Å²) in [6.07, 6.45) is 2.16. The largest absolute Gasteiger partial charge is 0.352 e. The van der Waals surface area contributed by atoms with E-state index in [1.54, 1.807) is 6.07 Å². The van der Waals surface area contributed by atoms with Gasteiger partial charge in [0.1, 0.15) is 11.2 Å². The highest BCUT2D eigenvalue weighted by atomic mass is 35.5. The van der Waals surface area contributed by atoms with E-state index in [0.717, 1.165) is 12.1 Å². The Balaban J connectivity index is 0.00000180. The first-order valence-electron chi connectivity index (χ1n) is 5.90. The molecule has 2 aromatic heterocycles. The van der Waals surface area contributed by atoms with E-state index < -0.39 is 0 Å². The van der Waals surface area contributed by atoms with Gasteiger partial charge in [-0.3, -0.25) is 14.0 Å². The molecule has 0 saturated carbocycles. The molecular formula is C13H16ClN3O2. The number of nitrogens with zero attached hydrogens (tertiary/aromatic N) is 2. The Labute approximate surface area is 117 Å². The predicted octanol–water partition coefficient (Wildman–Crippen LogP) is 1.56. The van der Waals surface area contributed by atoms with Gasteiger partial charge in [-0.15, -0.1) is 12.4 Å². The molecule has 0 aliphatic carbocycles. The second-order valence-corrected chi connectivity index (χ2v) is 4.09. The van der Waals surface area contributed by atoms with Crippen LogP contribution in [-0.2, 0) is 0 Å². The first-order chi connectivity index (χ1) is 8.65. The minimum atomic E-state index is -0.369. The number of rotatable bonds is 3. The molecular weight excluding hydrogens is 266 g/mol. The van der Waals surface area contributed by atoms with E-state index in [1.807, 2.05) is 26.0 Å². The van der Waals surface area contributed by atoms with Gasteiger partial charge >= 0.3 is 0 Å². The Hall–Kier alpha value is -1.88. The van der Waals surface area contributed by atoms with Gasteiger partial charge in [0, 0.05) is 18.4 Å². The Morgan fingerprint density at radius 3 is 2.84 bits per heavy atom. The van der Waals surface area contributed by atoms with Crippen LogP contribution in [0.15, 0.2) is 29.2 Å². The van der Waals surface area contributed by atoms with Crippen molar-refractivity contribution in [2.75, 3.05) is 6.54 Å². The van der Waals surface area contributed by atoms with Crippen molar-refractivity contribution in [3.8, 4) is 0 Å². The zero-order valence-corrected chi connectivity index (χ0v) is 11.7. The summed E-state index contributed by atoms with van der Waals surface area (Å²) in [5, 5.41) is 2.68. The van der Waals surface area contributed by atoms with Crippen molar-refractivity contribution < 1.29 is 4.79 Å². The lowest BCUT2D eigenvalue weighted by molar-refractivity contribution is 0.0951. The first-order valence-corrected chi connectivity index (χ1v) is 5.90. The molecule has 6 heteroatoms. The van der Waals surface area contributed by atoms with E-state index in [-0.39, 0.29) is 29.4 Å². The van der Waals surface area contributed by atoms with Gasteiger partial charge in [-0.05, 0) is 25.5 Å². The summed E-state index contributed by atoms with van der Waals surface area (Å²) in [5.74, 6) is -0.369. The number of hydrogen-bond acceptors (Lipinski definition) is 3. The van der Waals surface area contributed by atoms with Gasteiger partial charge < -0.3 is 5.32 Å². The van der Waals surface area contributed by atoms with Crippen LogP contribution in [0.1, 0.15) is 29.4 Å². The van der Waals surface area contributed by atoms with E-state index in [1.165, 1.54) is 10.6 Å². The van der Waals surface area contributed by atoms with Crippen LogP contribution in [0, 0.1) is 6.92 Å². The van der Waals surface area contributed by atoms with Gasteiger partial charge in [0.25, 0.3) is 11.5 Å². The Kier molecular flexibility index (Phi) is 5.06. The highest BCUT2D eigenvalue weighted by Crippen LogP contribution is 2.02. The average molecular weight is 282 g/mol. The lowest BCUT2D eigenvalue weighted by Gasteiger charge is -2.06. The van der Waals surface area contributed by atoms with Crippen LogP contribution in [-0.4, -0.2) is 21.8 Å². The summed E-state index contributed by atoms with van der Waals surface area (Å²) in [6, 6.07) is 5.37. The second-order valence-electron chi connectivity index (χ2n) is 4.09. The monoisotopic (exact) mass is 281 g/mol. The third kappa shape index (κ3) is 2.93. The summed E-state index contributed by atoms with van der Waals surface area (Å²) in [5.41, 5.74) is 1.06. The lowest BCUT2D eigenvalue weighted by atomic mass is 10.2. The molecule has 102 valence electrons. The average Bonchev–Trinajstić information content (AvgIpc) is 2.36. The van der Waals surface area contributed by atoms with Gasteiger partial charge in [-0.25, -0.2) is 4.98 Å². The van der Waals surface area contributed by atoms with Crippen LogP contribution in [0.4, 0.5) is 0 Å². The van der Waals surface area contributed by atoms with Crippen LogP contribution >= 0.6 is 12.4 Å². The van der Waals surface area contributed by atoms with Crippen LogP contribution in [0.2, 0.25) is 0 Å². The molecule has 0 aliphatic rings. The van der Waals surface area contributed by atoms with E-state index in [2.05, 4.69) is 10.3 Å². The molecule has 0 saturated heterocycles. The topological polar surface area (TPSA) is 63.5 Å². The summed E-state index contributed by atoms with van der Waals surface area (Å²) >= 11 is 0. The summed E-state index contributed by atoms with van der Waals surface area (Å²) in [7, 11) is 0. The van der Waals surface area contributed by atoms with Crippen LogP contribution in [0.5, 0.6) is 0 Å². The van der Waals surface area contributed by atoms with Gasteiger partial charge in [0.05, 0.1) is 0 Å². The zero-order chi connectivity index (χ0) is 13.1. The predicted molar refractivity (Wildman–Crippen MR) is 76.1 cm³/mol. The van der Waals surface area contributed by atoms with Crippen molar-refractivity contribution in [1.82, 2.24) is 14.7 Å². The fraction of sp³-hybridized carbons (Fsp3) is 0.308. The molecule has 1 amide bonds. The van der Waals surface area contributed by atoms with E-state index in [0.29, 0.717) is 12.2 Å². The molecule has 19 heavy (non-hydrogen) atoms. The first kappa shape index (κ1) is 15.2.